The summed E-state index contributed by atoms with van der Waals surface area (Å²) in [6.07, 6.45) is 0.810. The first-order chi connectivity index (χ1) is 11.5. The second-order valence-electron chi connectivity index (χ2n) is 6.04. The molecule has 2 rings (SSSR count). The van der Waals surface area contributed by atoms with E-state index in [1.165, 1.54) is 16.7 Å². The molecule has 0 radical (unpaired) electrons. The Morgan fingerprint density at radius 3 is 2.54 bits per heavy atom. The summed E-state index contributed by atoms with van der Waals surface area (Å²) in [7, 11) is 1.60. The molecule has 0 aliphatic carbocycles. The van der Waals surface area contributed by atoms with Gasteiger partial charge in [0.2, 0.25) is 0 Å². The molecule has 2 N–H and O–H groups in total. The van der Waals surface area contributed by atoms with Gasteiger partial charge in [-0.15, -0.1) is 0 Å². The van der Waals surface area contributed by atoms with Crippen molar-refractivity contribution >= 4 is 11.6 Å². The van der Waals surface area contributed by atoms with Crippen molar-refractivity contribution in [3.63, 3.8) is 0 Å². The van der Waals surface area contributed by atoms with Crippen molar-refractivity contribution in [2.75, 3.05) is 20.3 Å². The Hall–Kier alpha value is -1.71. The zero-order valence-electron chi connectivity index (χ0n) is 14.9. The van der Waals surface area contributed by atoms with Crippen molar-refractivity contribution in [1.82, 2.24) is 0 Å². The highest BCUT2D eigenvalue weighted by atomic mass is 35.5. The maximum atomic E-state index is 6.36. The van der Waals surface area contributed by atoms with Gasteiger partial charge >= 0.3 is 0 Å². The van der Waals surface area contributed by atoms with E-state index in [9.17, 15) is 0 Å². The molecule has 0 heterocycles. The lowest BCUT2D eigenvalue weighted by Gasteiger charge is -2.20. The number of benzene rings is 2. The van der Waals surface area contributed by atoms with Crippen LogP contribution >= 0.6 is 11.6 Å². The number of rotatable bonds is 7. The average molecular weight is 348 g/mol. The fraction of sp³-hybridized carbons (Fsp3) is 0.400. The van der Waals surface area contributed by atoms with Crippen molar-refractivity contribution < 1.29 is 9.47 Å². The van der Waals surface area contributed by atoms with E-state index in [2.05, 4.69) is 32.0 Å². The molecule has 0 bridgehead atoms. The van der Waals surface area contributed by atoms with Crippen LogP contribution in [0.15, 0.2) is 30.3 Å². The minimum absolute atomic E-state index is 0.240. The Bertz CT molecular complexity index is 700. The van der Waals surface area contributed by atoms with Gasteiger partial charge in [-0.25, -0.2) is 0 Å². The second kappa shape index (κ2) is 8.41. The summed E-state index contributed by atoms with van der Waals surface area (Å²) < 4.78 is 11.0. The molecule has 130 valence electrons. The molecule has 0 saturated heterocycles. The van der Waals surface area contributed by atoms with Gasteiger partial charge in [-0.3, -0.25) is 0 Å². The summed E-state index contributed by atoms with van der Waals surface area (Å²) in [6.45, 7) is 7.32. The number of halogens is 1. The Balaban J connectivity index is 2.35. The Labute approximate surface area is 149 Å². The summed E-state index contributed by atoms with van der Waals surface area (Å²) in [5.41, 5.74) is 11.0. The number of aryl methyl sites for hydroxylation is 2. The fourth-order valence-corrected chi connectivity index (χ4v) is 3.32. The molecule has 0 aliphatic rings. The molecule has 0 fully saturated rings. The second-order valence-corrected chi connectivity index (χ2v) is 6.45. The van der Waals surface area contributed by atoms with Gasteiger partial charge in [0.25, 0.3) is 0 Å². The van der Waals surface area contributed by atoms with E-state index in [0.717, 1.165) is 12.0 Å². The normalized spacial score (nSPS) is 12.1. The van der Waals surface area contributed by atoms with Gasteiger partial charge in [-0.05, 0) is 62.6 Å². The number of nitrogens with two attached hydrogens (primary N) is 1. The van der Waals surface area contributed by atoms with Crippen molar-refractivity contribution in [2.45, 2.75) is 33.1 Å². The van der Waals surface area contributed by atoms with E-state index in [-0.39, 0.29) is 5.92 Å². The lowest BCUT2D eigenvalue weighted by atomic mass is 9.88. The van der Waals surface area contributed by atoms with Gasteiger partial charge in [0.05, 0.1) is 18.7 Å². The van der Waals surface area contributed by atoms with Crippen LogP contribution in [0, 0.1) is 13.8 Å². The van der Waals surface area contributed by atoms with E-state index in [4.69, 9.17) is 26.8 Å². The molecule has 1 unspecified atom stereocenters. The predicted molar refractivity (Wildman–Crippen MR) is 101 cm³/mol. The molecular formula is C20H26ClNO2. The van der Waals surface area contributed by atoms with E-state index in [1.807, 2.05) is 19.1 Å². The largest absolute Gasteiger partial charge is 0.491 e. The van der Waals surface area contributed by atoms with Gasteiger partial charge in [-0.2, -0.15) is 0 Å². The maximum absolute atomic E-state index is 6.36. The average Bonchev–Trinajstić information content (AvgIpc) is 2.55. The predicted octanol–water partition coefficient (Wildman–Crippen LogP) is 4.65. The van der Waals surface area contributed by atoms with Crippen LogP contribution in [0.2, 0.25) is 5.02 Å². The van der Waals surface area contributed by atoms with Gasteiger partial charge in [0.1, 0.15) is 0 Å². The SMILES string of the molecule is CCOc1cc(CC(CN)c2cc(C)ccc2C)cc(Cl)c1OC. The Kier molecular flexibility index (Phi) is 6.52. The van der Waals surface area contributed by atoms with Gasteiger partial charge in [0, 0.05) is 5.92 Å². The van der Waals surface area contributed by atoms with Crippen LogP contribution in [0.3, 0.4) is 0 Å². The van der Waals surface area contributed by atoms with Crippen LogP contribution in [0.1, 0.15) is 35.1 Å². The molecular weight excluding hydrogens is 322 g/mol. The molecule has 0 spiro atoms. The van der Waals surface area contributed by atoms with Gasteiger partial charge in [0.15, 0.2) is 11.5 Å². The highest BCUT2D eigenvalue weighted by Gasteiger charge is 2.17. The molecule has 3 nitrogen and oxygen atoms in total. The summed E-state index contributed by atoms with van der Waals surface area (Å²) in [4.78, 5) is 0. The van der Waals surface area contributed by atoms with Crippen LogP contribution in [0.5, 0.6) is 11.5 Å². The minimum atomic E-state index is 0.240. The molecule has 1 atom stereocenters. The first-order valence-electron chi connectivity index (χ1n) is 8.26. The van der Waals surface area contributed by atoms with Gasteiger partial charge < -0.3 is 15.2 Å². The molecule has 24 heavy (non-hydrogen) atoms. The number of methoxy groups -OCH3 is 1. The smallest absolute Gasteiger partial charge is 0.179 e. The van der Waals surface area contributed by atoms with E-state index < -0.39 is 0 Å². The summed E-state index contributed by atoms with van der Waals surface area (Å²) in [5.74, 6) is 1.50. The lowest BCUT2D eigenvalue weighted by molar-refractivity contribution is 0.310. The molecule has 0 aliphatic heterocycles. The fourth-order valence-electron chi connectivity index (χ4n) is 3.00. The molecule has 2 aromatic rings. The third-order valence-corrected chi connectivity index (χ3v) is 4.50. The molecule has 0 aromatic heterocycles. The lowest BCUT2D eigenvalue weighted by Crippen LogP contribution is -2.16. The number of hydrogen-bond donors (Lipinski definition) is 1. The van der Waals surface area contributed by atoms with Crippen LogP contribution in [-0.2, 0) is 6.42 Å². The first-order valence-corrected chi connectivity index (χ1v) is 8.64. The third-order valence-electron chi connectivity index (χ3n) is 4.21. The van der Waals surface area contributed by atoms with E-state index >= 15 is 0 Å². The monoisotopic (exact) mass is 347 g/mol. The van der Waals surface area contributed by atoms with Crippen LogP contribution in [0.25, 0.3) is 0 Å². The third kappa shape index (κ3) is 4.22. The number of ether oxygens (including phenoxy) is 2. The van der Waals surface area contributed by atoms with Crippen LogP contribution < -0.4 is 15.2 Å². The molecule has 0 saturated carbocycles. The van der Waals surface area contributed by atoms with E-state index in [1.54, 1.807) is 7.11 Å². The molecule has 0 amide bonds. The zero-order chi connectivity index (χ0) is 17.7. The van der Waals surface area contributed by atoms with Crippen molar-refractivity contribution in [1.29, 1.82) is 0 Å². The first kappa shape index (κ1) is 18.6. The Morgan fingerprint density at radius 1 is 1.17 bits per heavy atom. The summed E-state index contributed by atoms with van der Waals surface area (Å²) in [6, 6.07) is 10.4. The highest BCUT2D eigenvalue weighted by Crippen LogP contribution is 2.37. The number of hydrogen-bond acceptors (Lipinski definition) is 3. The maximum Gasteiger partial charge on any atom is 0.179 e. The van der Waals surface area contributed by atoms with Crippen LogP contribution in [-0.4, -0.2) is 20.3 Å². The van der Waals surface area contributed by atoms with Crippen molar-refractivity contribution in [2.24, 2.45) is 5.73 Å². The summed E-state index contributed by atoms with van der Waals surface area (Å²) in [5, 5.41) is 0.565. The molecule has 2 aromatic carbocycles. The van der Waals surface area contributed by atoms with Crippen LogP contribution in [0.4, 0.5) is 0 Å². The van der Waals surface area contributed by atoms with Crippen molar-refractivity contribution in [3.05, 3.63) is 57.6 Å². The zero-order valence-corrected chi connectivity index (χ0v) is 15.6. The quantitative estimate of drug-likeness (QED) is 0.792. The van der Waals surface area contributed by atoms with E-state index in [0.29, 0.717) is 29.7 Å². The Morgan fingerprint density at radius 2 is 1.92 bits per heavy atom. The standard InChI is InChI=1S/C20H26ClNO2/c1-5-24-19-11-15(10-18(21)20(19)23-4)9-16(12-22)17-8-13(2)6-7-14(17)3/h6-8,10-11,16H,5,9,12,22H2,1-4H3. The summed E-state index contributed by atoms with van der Waals surface area (Å²) >= 11 is 6.36. The van der Waals surface area contributed by atoms with Gasteiger partial charge in [-0.1, -0.05) is 35.4 Å². The highest BCUT2D eigenvalue weighted by molar-refractivity contribution is 6.32. The van der Waals surface area contributed by atoms with Crippen molar-refractivity contribution in [3.8, 4) is 11.5 Å². The topological polar surface area (TPSA) is 44.5 Å². The molecule has 4 heteroatoms. The minimum Gasteiger partial charge on any atom is -0.491 e.